The molecule has 1 atom stereocenters. The minimum Gasteiger partial charge on any atom is -0.497 e. The number of ether oxygens (including phenoxy) is 1. The maximum atomic E-state index is 13.3. The van der Waals surface area contributed by atoms with Crippen LogP contribution in [0.15, 0.2) is 74.1 Å². The van der Waals surface area contributed by atoms with Gasteiger partial charge in [-0.25, -0.2) is 5.01 Å². The minimum absolute atomic E-state index is 0.140. The summed E-state index contributed by atoms with van der Waals surface area (Å²) in [5, 5.41) is 15.4. The molecule has 0 fully saturated rings. The Morgan fingerprint density at radius 3 is 2.65 bits per heavy atom. The van der Waals surface area contributed by atoms with Gasteiger partial charge in [-0.1, -0.05) is 11.8 Å². The van der Waals surface area contributed by atoms with Gasteiger partial charge in [0, 0.05) is 13.5 Å². The number of benzene rings is 1. The first-order valence-electron chi connectivity index (χ1n) is 10.7. The van der Waals surface area contributed by atoms with E-state index < -0.39 is 0 Å². The molecule has 4 aromatic rings. The highest BCUT2D eigenvalue weighted by molar-refractivity contribution is 7.99. The Kier molecular flexibility index (Phi) is 5.97. The fraction of sp³-hybridized carbons (Fsp3) is 0.250. The molecule has 5 rings (SSSR count). The van der Waals surface area contributed by atoms with E-state index in [1.54, 1.807) is 19.6 Å². The van der Waals surface area contributed by atoms with Crippen molar-refractivity contribution in [2.24, 2.45) is 12.1 Å². The lowest BCUT2D eigenvalue weighted by atomic mass is 10.0. The number of aromatic nitrogens is 3. The second-order valence-corrected chi connectivity index (χ2v) is 8.74. The van der Waals surface area contributed by atoms with E-state index in [-0.39, 0.29) is 17.7 Å². The average Bonchev–Trinajstić information content (AvgIpc) is 3.65. The molecular formula is C24H23N5O4S. The van der Waals surface area contributed by atoms with Gasteiger partial charge < -0.3 is 18.1 Å². The highest BCUT2D eigenvalue weighted by Gasteiger charge is 2.35. The van der Waals surface area contributed by atoms with E-state index >= 15 is 0 Å². The van der Waals surface area contributed by atoms with Crippen LogP contribution in [0.4, 0.5) is 0 Å². The van der Waals surface area contributed by atoms with Crippen molar-refractivity contribution in [1.82, 2.24) is 19.8 Å². The lowest BCUT2D eigenvalue weighted by molar-refractivity contribution is -0.130. The standard InChI is InChI=1S/C24H23N5O4S/c1-15-18(10-12-32-15)23-25-26-24(28(23)2)34-14-22(30)29-20(21-5-4-11-33-21)13-19(27-29)16-6-8-17(31-3)9-7-16/h4-12,20H,13-14H2,1-3H3/t20-/m0/s1. The van der Waals surface area contributed by atoms with Crippen LogP contribution in [-0.4, -0.2) is 44.3 Å². The van der Waals surface area contributed by atoms with Gasteiger partial charge in [-0.15, -0.1) is 10.2 Å². The minimum atomic E-state index is -0.302. The van der Waals surface area contributed by atoms with E-state index in [9.17, 15) is 4.79 Å². The molecule has 0 saturated carbocycles. The molecule has 4 heterocycles. The van der Waals surface area contributed by atoms with Crippen molar-refractivity contribution in [3.63, 3.8) is 0 Å². The number of carbonyl (C=O) groups excluding carboxylic acids is 1. The quantitative estimate of drug-likeness (QED) is 0.363. The van der Waals surface area contributed by atoms with Crippen LogP contribution < -0.4 is 4.74 Å². The number of hydrogen-bond donors (Lipinski definition) is 0. The number of amides is 1. The maximum absolute atomic E-state index is 13.3. The molecule has 9 nitrogen and oxygen atoms in total. The number of thioether (sulfide) groups is 1. The third-order valence-electron chi connectivity index (χ3n) is 5.72. The van der Waals surface area contributed by atoms with Crippen LogP contribution >= 0.6 is 11.8 Å². The van der Waals surface area contributed by atoms with E-state index in [4.69, 9.17) is 13.6 Å². The fourth-order valence-electron chi connectivity index (χ4n) is 3.89. The summed E-state index contributed by atoms with van der Waals surface area (Å²) < 4.78 is 18.1. The SMILES string of the molecule is COc1ccc(C2=NN(C(=O)CSc3nnc(-c4ccoc4C)n3C)[C@H](c3ccco3)C2)cc1. The zero-order chi connectivity index (χ0) is 23.7. The molecule has 0 unspecified atom stereocenters. The molecule has 10 heteroatoms. The molecule has 3 aromatic heterocycles. The Bertz CT molecular complexity index is 1320. The Hall–Kier alpha value is -3.79. The van der Waals surface area contributed by atoms with Gasteiger partial charge in [0.2, 0.25) is 0 Å². The second-order valence-electron chi connectivity index (χ2n) is 7.79. The topological polar surface area (TPSA) is 98.9 Å². The van der Waals surface area contributed by atoms with Crippen LogP contribution in [0, 0.1) is 6.92 Å². The Labute approximate surface area is 200 Å². The summed E-state index contributed by atoms with van der Waals surface area (Å²) >= 11 is 1.32. The maximum Gasteiger partial charge on any atom is 0.253 e. The van der Waals surface area contributed by atoms with Gasteiger partial charge in [0.05, 0.1) is 36.7 Å². The summed E-state index contributed by atoms with van der Waals surface area (Å²) in [5.41, 5.74) is 2.63. The van der Waals surface area contributed by atoms with Gasteiger partial charge in [-0.05, 0) is 55.0 Å². The van der Waals surface area contributed by atoms with Crippen LogP contribution in [0.1, 0.15) is 29.5 Å². The van der Waals surface area contributed by atoms with Crippen molar-refractivity contribution in [3.05, 3.63) is 72.1 Å². The highest BCUT2D eigenvalue weighted by atomic mass is 32.2. The zero-order valence-electron chi connectivity index (χ0n) is 19.0. The van der Waals surface area contributed by atoms with Gasteiger partial charge in [0.15, 0.2) is 11.0 Å². The number of carbonyl (C=O) groups is 1. The van der Waals surface area contributed by atoms with E-state index in [0.717, 1.165) is 28.3 Å². The number of rotatable bonds is 7. The van der Waals surface area contributed by atoms with Gasteiger partial charge >= 0.3 is 0 Å². The van der Waals surface area contributed by atoms with Crippen molar-refractivity contribution in [3.8, 4) is 17.1 Å². The average molecular weight is 478 g/mol. The molecule has 0 saturated heterocycles. The first-order valence-corrected chi connectivity index (χ1v) is 11.7. The van der Waals surface area contributed by atoms with E-state index in [1.165, 1.54) is 16.8 Å². The molecule has 1 aliphatic heterocycles. The Balaban J connectivity index is 1.35. The molecule has 174 valence electrons. The third-order valence-corrected chi connectivity index (χ3v) is 6.73. The Morgan fingerprint density at radius 2 is 1.97 bits per heavy atom. The largest absolute Gasteiger partial charge is 0.497 e. The summed E-state index contributed by atoms with van der Waals surface area (Å²) in [6.07, 6.45) is 3.79. The lowest BCUT2D eigenvalue weighted by Crippen LogP contribution is -2.28. The van der Waals surface area contributed by atoms with Crippen LogP contribution in [0.3, 0.4) is 0 Å². The number of hydrazone groups is 1. The van der Waals surface area contributed by atoms with Crippen LogP contribution in [0.5, 0.6) is 5.75 Å². The zero-order valence-corrected chi connectivity index (χ0v) is 19.8. The lowest BCUT2D eigenvalue weighted by Gasteiger charge is -2.19. The predicted molar refractivity (Wildman–Crippen MR) is 127 cm³/mol. The molecule has 0 bridgehead atoms. The van der Waals surface area contributed by atoms with Crippen LogP contribution in [0.25, 0.3) is 11.4 Å². The molecular weight excluding hydrogens is 454 g/mol. The van der Waals surface area contributed by atoms with Crippen molar-refractivity contribution in [2.75, 3.05) is 12.9 Å². The third kappa shape index (κ3) is 4.12. The van der Waals surface area contributed by atoms with Crippen molar-refractivity contribution in [1.29, 1.82) is 0 Å². The van der Waals surface area contributed by atoms with E-state index in [1.807, 2.05) is 61.0 Å². The molecule has 0 aliphatic carbocycles. The first-order chi connectivity index (χ1) is 16.5. The van der Waals surface area contributed by atoms with E-state index in [0.29, 0.717) is 23.2 Å². The molecule has 1 aliphatic rings. The summed E-state index contributed by atoms with van der Waals surface area (Å²) in [4.78, 5) is 13.3. The molecule has 0 radical (unpaired) electrons. The Morgan fingerprint density at radius 1 is 1.15 bits per heavy atom. The van der Waals surface area contributed by atoms with Gasteiger partial charge in [-0.2, -0.15) is 5.10 Å². The predicted octanol–water partition coefficient (Wildman–Crippen LogP) is 4.46. The van der Waals surface area contributed by atoms with Gasteiger partial charge in [-0.3, -0.25) is 4.79 Å². The molecule has 34 heavy (non-hydrogen) atoms. The monoisotopic (exact) mass is 477 g/mol. The molecule has 0 N–H and O–H groups in total. The highest BCUT2D eigenvalue weighted by Crippen LogP contribution is 2.34. The van der Waals surface area contributed by atoms with Gasteiger partial charge in [0.25, 0.3) is 5.91 Å². The number of hydrogen-bond acceptors (Lipinski definition) is 8. The number of nitrogens with zero attached hydrogens (tertiary/aromatic N) is 5. The smallest absolute Gasteiger partial charge is 0.253 e. The number of methoxy groups -OCH3 is 1. The summed E-state index contributed by atoms with van der Waals surface area (Å²) in [6, 6.07) is 12.9. The first kappa shape index (κ1) is 22.0. The molecule has 1 amide bonds. The van der Waals surface area contributed by atoms with Gasteiger partial charge in [0.1, 0.15) is 23.3 Å². The van der Waals surface area contributed by atoms with Crippen molar-refractivity contribution >= 4 is 23.4 Å². The summed E-state index contributed by atoms with van der Waals surface area (Å²) in [6.45, 7) is 1.88. The normalized spacial score (nSPS) is 15.6. The molecule has 1 aromatic carbocycles. The molecule has 0 spiro atoms. The van der Waals surface area contributed by atoms with Crippen molar-refractivity contribution in [2.45, 2.75) is 24.5 Å². The number of furan rings is 2. The van der Waals surface area contributed by atoms with E-state index in [2.05, 4.69) is 15.3 Å². The van der Waals surface area contributed by atoms with Crippen LogP contribution in [0.2, 0.25) is 0 Å². The second kappa shape index (κ2) is 9.22. The van der Waals surface area contributed by atoms with Crippen LogP contribution in [-0.2, 0) is 11.8 Å². The fourth-order valence-corrected chi connectivity index (χ4v) is 4.65. The summed E-state index contributed by atoms with van der Waals surface area (Å²) in [5.74, 6) is 2.94. The number of aryl methyl sites for hydroxylation is 1. The van der Waals surface area contributed by atoms with Crippen molar-refractivity contribution < 1.29 is 18.4 Å². The summed E-state index contributed by atoms with van der Waals surface area (Å²) in [7, 11) is 3.50.